The molecule has 2 amide bonds. The van der Waals surface area contributed by atoms with Crippen molar-refractivity contribution >= 4 is 39.9 Å². The van der Waals surface area contributed by atoms with E-state index >= 15 is 0 Å². The normalized spacial score (nSPS) is 20.8. The van der Waals surface area contributed by atoms with Gasteiger partial charge in [0.2, 0.25) is 11.8 Å². The minimum Gasteiger partial charge on any atom is -0.456 e. The number of nitrogens with one attached hydrogen (secondary N) is 1. The summed E-state index contributed by atoms with van der Waals surface area (Å²) in [5, 5.41) is 4.10. The molecule has 3 atom stereocenters. The Bertz CT molecular complexity index is 1100. The van der Waals surface area contributed by atoms with Crippen LogP contribution in [0.4, 0.5) is 0 Å². The van der Waals surface area contributed by atoms with Crippen LogP contribution in [-0.4, -0.2) is 49.9 Å². The summed E-state index contributed by atoms with van der Waals surface area (Å²) in [6.07, 6.45) is 0.761. The maximum absolute atomic E-state index is 13.0. The number of amides is 2. The molecule has 34 heavy (non-hydrogen) atoms. The van der Waals surface area contributed by atoms with Crippen LogP contribution in [0, 0.1) is 5.92 Å². The highest BCUT2D eigenvalue weighted by atomic mass is 32.3. The van der Waals surface area contributed by atoms with Crippen LogP contribution in [0.2, 0.25) is 0 Å². The minimum absolute atomic E-state index is 0.0328. The number of ether oxygens (including phenoxy) is 1. The highest BCUT2D eigenvalue weighted by Crippen LogP contribution is 2.48. The van der Waals surface area contributed by atoms with Gasteiger partial charge in [0.25, 0.3) is 0 Å². The van der Waals surface area contributed by atoms with Crippen molar-refractivity contribution in [3.8, 4) is 0 Å². The zero-order chi connectivity index (χ0) is 24.9. The molecule has 1 N–H and O–H groups in total. The van der Waals surface area contributed by atoms with Crippen molar-refractivity contribution < 1.29 is 35.9 Å². The van der Waals surface area contributed by atoms with Gasteiger partial charge >= 0.3 is 16.4 Å². The monoisotopic (exact) mass is 510 g/mol. The van der Waals surface area contributed by atoms with Crippen LogP contribution in [0.3, 0.4) is 0 Å². The van der Waals surface area contributed by atoms with Gasteiger partial charge in [0.1, 0.15) is 12.3 Å². The molecule has 0 saturated carbocycles. The molecule has 184 valence electrons. The molecule has 0 aromatic heterocycles. The molecular formula is C22H26N2O8S2. The number of nitrogens with zero attached hydrogens (tertiary/aromatic N) is 1. The standard InChI is InChI=1S/C22H26N2O8S2/c1-4-31-34(28,29)32-14(2)19-17-12-18(33-11-10-23-15(3)25)20(24(17)21(19)26)22(27)30-13-16-8-6-5-7-9-16/h5-11,14,17,19H,4,12-13H2,1-3H3,(H,23,25)/b11-10+/t14-,17?,19-/m0/s1. The molecular weight excluding hydrogens is 484 g/mol. The first-order valence-electron chi connectivity index (χ1n) is 10.6. The third kappa shape index (κ3) is 6.06. The number of rotatable bonds is 11. The van der Waals surface area contributed by atoms with E-state index in [1.54, 1.807) is 5.41 Å². The number of thioether (sulfide) groups is 1. The average Bonchev–Trinajstić information content (AvgIpc) is 3.09. The van der Waals surface area contributed by atoms with Crippen LogP contribution in [0.15, 0.2) is 52.5 Å². The Morgan fingerprint density at radius 2 is 2.00 bits per heavy atom. The maximum atomic E-state index is 13.0. The van der Waals surface area contributed by atoms with E-state index in [0.29, 0.717) is 11.3 Å². The molecule has 2 aliphatic rings. The molecule has 0 aliphatic carbocycles. The second-order valence-corrected chi connectivity index (χ2v) is 9.82. The van der Waals surface area contributed by atoms with Crippen molar-refractivity contribution in [1.29, 1.82) is 0 Å². The van der Waals surface area contributed by atoms with Crippen LogP contribution in [0.5, 0.6) is 0 Å². The Hall–Kier alpha value is -2.67. The lowest BCUT2D eigenvalue weighted by Gasteiger charge is -2.45. The molecule has 1 fully saturated rings. The summed E-state index contributed by atoms with van der Waals surface area (Å²) >= 11 is 1.17. The maximum Gasteiger partial charge on any atom is 0.400 e. The van der Waals surface area contributed by atoms with Gasteiger partial charge in [-0.05, 0) is 24.8 Å². The highest BCUT2D eigenvalue weighted by Gasteiger charge is 2.58. The number of fused-ring (bicyclic) bond motifs is 1. The van der Waals surface area contributed by atoms with E-state index in [4.69, 9.17) is 8.92 Å². The molecule has 1 aromatic rings. The topological polar surface area (TPSA) is 128 Å². The number of hydrogen-bond acceptors (Lipinski definition) is 9. The van der Waals surface area contributed by atoms with Gasteiger partial charge in [-0.15, -0.1) is 0 Å². The first kappa shape index (κ1) is 25.9. The van der Waals surface area contributed by atoms with Crippen molar-refractivity contribution in [3.63, 3.8) is 0 Å². The number of esters is 1. The summed E-state index contributed by atoms with van der Waals surface area (Å²) in [5.74, 6) is -2.12. The Morgan fingerprint density at radius 1 is 1.29 bits per heavy atom. The van der Waals surface area contributed by atoms with Crippen LogP contribution in [-0.2, 0) is 44.5 Å². The highest BCUT2D eigenvalue weighted by molar-refractivity contribution is 8.05. The molecule has 2 aliphatic heterocycles. The lowest BCUT2D eigenvalue weighted by atomic mass is 9.83. The largest absolute Gasteiger partial charge is 0.456 e. The van der Waals surface area contributed by atoms with E-state index in [9.17, 15) is 22.8 Å². The molecule has 10 nitrogen and oxygen atoms in total. The molecule has 1 saturated heterocycles. The number of carbonyl (C=O) groups is 3. The Morgan fingerprint density at radius 3 is 2.65 bits per heavy atom. The fourth-order valence-electron chi connectivity index (χ4n) is 3.79. The zero-order valence-electron chi connectivity index (χ0n) is 18.9. The SMILES string of the molecule is CCOS(=O)(=O)O[C@@H](C)[C@@H]1C(=O)N2C(C(=O)OCc3ccccc3)=C(S/C=C/NC(C)=O)CC12. The molecule has 0 spiro atoms. The summed E-state index contributed by atoms with van der Waals surface area (Å²) in [4.78, 5) is 38.9. The number of hydrogen-bond donors (Lipinski definition) is 1. The van der Waals surface area contributed by atoms with E-state index in [0.717, 1.165) is 5.56 Å². The second-order valence-electron chi connectivity index (χ2n) is 7.58. The average molecular weight is 511 g/mol. The van der Waals surface area contributed by atoms with Crippen LogP contribution in [0.25, 0.3) is 0 Å². The third-order valence-electron chi connectivity index (χ3n) is 5.18. The minimum atomic E-state index is -4.25. The van der Waals surface area contributed by atoms with Gasteiger partial charge in [0.15, 0.2) is 0 Å². The van der Waals surface area contributed by atoms with E-state index in [-0.39, 0.29) is 24.8 Å². The first-order valence-corrected chi connectivity index (χ1v) is 12.8. The van der Waals surface area contributed by atoms with Gasteiger partial charge in [-0.2, -0.15) is 8.42 Å². The quantitative estimate of drug-likeness (QED) is 0.352. The van der Waals surface area contributed by atoms with E-state index in [1.807, 2.05) is 30.3 Å². The van der Waals surface area contributed by atoms with Crippen molar-refractivity contribution in [3.05, 3.63) is 58.1 Å². The molecule has 1 aromatic carbocycles. The summed E-state index contributed by atoms with van der Waals surface area (Å²) < 4.78 is 38.8. The summed E-state index contributed by atoms with van der Waals surface area (Å²) in [5.41, 5.74) is 0.904. The smallest absolute Gasteiger partial charge is 0.400 e. The Kier molecular flexibility index (Phi) is 8.52. The molecule has 1 unspecified atom stereocenters. The van der Waals surface area contributed by atoms with Crippen molar-refractivity contribution in [2.45, 2.75) is 45.9 Å². The van der Waals surface area contributed by atoms with Gasteiger partial charge in [0.05, 0.1) is 24.7 Å². The molecule has 3 rings (SSSR count). The van der Waals surface area contributed by atoms with Crippen molar-refractivity contribution in [2.24, 2.45) is 5.92 Å². The molecule has 0 bridgehead atoms. The predicted molar refractivity (Wildman–Crippen MR) is 124 cm³/mol. The predicted octanol–water partition coefficient (Wildman–Crippen LogP) is 2.20. The third-order valence-corrected chi connectivity index (χ3v) is 7.16. The van der Waals surface area contributed by atoms with E-state index < -0.39 is 40.3 Å². The van der Waals surface area contributed by atoms with Crippen LogP contribution in [0.1, 0.15) is 32.8 Å². The number of β-lactam (4-membered cyclic amide) rings is 1. The number of benzene rings is 1. The lowest BCUT2D eigenvalue weighted by molar-refractivity contribution is -0.161. The fraction of sp³-hybridized carbons (Fsp3) is 0.409. The lowest BCUT2D eigenvalue weighted by Crippen LogP contribution is -2.62. The Labute approximate surface area is 202 Å². The molecule has 12 heteroatoms. The molecule has 2 heterocycles. The van der Waals surface area contributed by atoms with Gasteiger partial charge in [-0.25, -0.2) is 13.2 Å². The zero-order valence-corrected chi connectivity index (χ0v) is 20.6. The van der Waals surface area contributed by atoms with Gasteiger partial charge in [-0.1, -0.05) is 42.1 Å². The summed E-state index contributed by atoms with van der Waals surface area (Å²) in [6, 6.07) is 8.66. The van der Waals surface area contributed by atoms with E-state index in [1.165, 1.54) is 43.6 Å². The van der Waals surface area contributed by atoms with Gasteiger partial charge < -0.3 is 15.0 Å². The fourth-order valence-corrected chi connectivity index (χ4v) is 5.49. The van der Waals surface area contributed by atoms with E-state index in [2.05, 4.69) is 9.50 Å². The summed E-state index contributed by atoms with van der Waals surface area (Å²) in [6.45, 7) is 4.29. The number of carbonyl (C=O) groups excluding carboxylic acids is 3. The first-order chi connectivity index (χ1) is 16.1. The van der Waals surface area contributed by atoms with Crippen LogP contribution >= 0.6 is 11.8 Å². The Balaban J connectivity index is 1.76. The molecule has 0 radical (unpaired) electrons. The summed E-state index contributed by atoms with van der Waals surface area (Å²) in [7, 11) is -4.25. The van der Waals surface area contributed by atoms with Gasteiger partial charge in [-0.3, -0.25) is 9.59 Å². The van der Waals surface area contributed by atoms with Crippen molar-refractivity contribution in [2.75, 3.05) is 6.61 Å². The van der Waals surface area contributed by atoms with Gasteiger partial charge in [0, 0.05) is 24.4 Å². The van der Waals surface area contributed by atoms with Crippen molar-refractivity contribution in [1.82, 2.24) is 10.2 Å². The second kappa shape index (κ2) is 11.2. The van der Waals surface area contributed by atoms with Crippen LogP contribution < -0.4 is 5.32 Å².